The van der Waals surface area contributed by atoms with Gasteiger partial charge in [-0.2, -0.15) is 5.10 Å². The van der Waals surface area contributed by atoms with Crippen LogP contribution < -0.4 is 5.32 Å². The Morgan fingerprint density at radius 1 is 1.29 bits per heavy atom. The maximum absolute atomic E-state index is 12.2. The Balaban J connectivity index is 2.28. The number of aromatic carboxylic acids is 1. The molecule has 0 radical (unpaired) electrons. The van der Waals surface area contributed by atoms with E-state index in [1.807, 2.05) is 0 Å². The molecule has 0 spiro atoms. The Bertz CT molecular complexity index is 734. The number of carbonyl (C=O) groups is 2. The lowest BCUT2D eigenvalue weighted by atomic mass is 10.1. The zero-order valence-corrected chi connectivity index (χ0v) is 11.8. The fourth-order valence-electron chi connectivity index (χ4n) is 2.09. The van der Waals surface area contributed by atoms with Crippen LogP contribution in [0.2, 0.25) is 0 Å². The number of carboxylic acids is 1. The monoisotopic (exact) mass is 289 g/mol. The summed E-state index contributed by atoms with van der Waals surface area (Å²) in [5, 5.41) is 25.2. The molecular formula is C14H15N3O4. The second kappa shape index (κ2) is 5.28. The third-order valence-corrected chi connectivity index (χ3v) is 3.22. The molecule has 0 aliphatic rings. The van der Waals surface area contributed by atoms with E-state index < -0.39 is 11.7 Å². The first-order valence-corrected chi connectivity index (χ1v) is 6.19. The number of nitrogens with zero attached hydrogens (tertiary/aromatic N) is 2. The highest BCUT2D eigenvalue weighted by Gasteiger charge is 2.18. The first-order valence-electron chi connectivity index (χ1n) is 6.19. The van der Waals surface area contributed by atoms with E-state index in [9.17, 15) is 14.7 Å². The minimum Gasteiger partial charge on any atom is -0.507 e. The van der Waals surface area contributed by atoms with E-state index in [4.69, 9.17) is 5.11 Å². The van der Waals surface area contributed by atoms with Gasteiger partial charge in [0.15, 0.2) is 0 Å². The van der Waals surface area contributed by atoms with Gasteiger partial charge in [0, 0.05) is 24.5 Å². The van der Waals surface area contributed by atoms with Gasteiger partial charge in [0.2, 0.25) is 0 Å². The normalized spacial score (nSPS) is 10.4. The molecule has 1 amide bonds. The first-order chi connectivity index (χ1) is 9.81. The van der Waals surface area contributed by atoms with Gasteiger partial charge in [0.05, 0.1) is 11.3 Å². The summed E-state index contributed by atoms with van der Waals surface area (Å²) in [4.78, 5) is 23.0. The van der Waals surface area contributed by atoms with Crippen molar-refractivity contribution in [3.8, 4) is 5.75 Å². The number of anilines is 1. The molecule has 0 aliphatic carbocycles. The minimum atomic E-state index is -1.23. The quantitative estimate of drug-likeness (QED) is 0.797. The van der Waals surface area contributed by atoms with Gasteiger partial charge in [-0.3, -0.25) is 9.48 Å². The number of aromatic hydroxyl groups is 1. The van der Waals surface area contributed by atoms with Crippen molar-refractivity contribution in [2.24, 2.45) is 7.05 Å². The average Bonchev–Trinajstić information content (AvgIpc) is 2.62. The Morgan fingerprint density at radius 3 is 2.43 bits per heavy atom. The molecule has 1 aromatic carbocycles. The van der Waals surface area contributed by atoms with Crippen molar-refractivity contribution < 1.29 is 19.8 Å². The number of aromatic nitrogens is 2. The summed E-state index contributed by atoms with van der Waals surface area (Å²) < 4.78 is 1.61. The highest BCUT2D eigenvalue weighted by atomic mass is 16.4. The summed E-state index contributed by atoms with van der Waals surface area (Å²) in [6.07, 6.45) is 0. The first kappa shape index (κ1) is 14.6. The maximum atomic E-state index is 12.2. The van der Waals surface area contributed by atoms with Crippen molar-refractivity contribution in [1.82, 2.24) is 9.78 Å². The van der Waals surface area contributed by atoms with E-state index >= 15 is 0 Å². The molecule has 0 atom stereocenters. The summed E-state index contributed by atoms with van der Waals surface area (Å²) in [5.74, 6) is -2.00. The molecule has 0 unspecified atom stereocenters. The highest BCUT2D eigenvalue weighted by Crippen LogP contribution is 2.23. The summed E-state index contributed by atoms with van der Waals surface area (Å²) in [6, 6.07) is 3.85. The van der Waals surface area contributed by atoms with Crippen LogP contribution in [0.15, 0.2) is 18.2 Å². The molecule has 2 aromatic rings. The van der Waals surface area contributed by atoms with E-state index in [-0.39, 0.29) is 11.5 Å². The standard InChI is InChI=1S/C14H15N3O4/c1-7-12(8(2)17(3)16-7)13(19)15-9-4-5-10(14(20)21)11(18)6-9/h4-6,18H,1-3H3,(H,15,19)(H,20,21). The van der Waals surface area contributed by atoms with Crippen molar-refractivity contribution in [2.45, 2.75) is 13.8 Å². The van der Waals surface area contributed by atoms with Crippen LogP contribution in [0.25, 0.3) is 0 Å². The number of hydrogen-bond donors (Lipinski definition) is 3. The van der Waals surface area contributed by atoms with E-state index in [1.165, 1.54) is 18.2 Å². The van der Waals surface area contributed by atoms with E-state index in [2.05, 4.69) is 10.4 Å². The van der Waals surface area contributed by atoms with E-state index in [0.717, 1.165) is 5.69 Å². The van der Waals surface area contributed by atoms with Crippen molar-refractivity contribution in [2.75, 3.05) is 5.32 Å². The zero-order chi connectivity index (χ0) is 15.7. The van der Waals surface area contributed by atoms with Crippen LogP contribution in [0.5, 0.6) is 5.75 Å². The van der Waals surface area contributed by atoms with Crippen LogP contribution in [-0.2, 0) is 7.05 Å². The molecule has 3 N–H and O–H groups in total. The molecule has 110 valence electrons. The molecule has 0 saturated heterocycles. The largest absolute Gasteiger partial charge is 0.507 e. The fraction of sp³-hybridized carbons (Fsp3) is 0.214. The molecule has 1 aromatic heterocycles. The average molecular weight is 289 g/mol. The van der Waals surface area contributed by atoms with Crippen LogP contribution >= 0.6 is 0 Å². The Hall–Kier alpha value is -2.83. The number of carbonyl (C=O) groups excluding carboxylic acids is 1. The number of amides is 1. The van der Waals surface area contributed by atoms with E-state index in [0.29, 0.717) is 16.9 Å². The van der Waals surface area contributed by atoms with Gasteiger partial charge < -0.3 is 15.5 Å². The van der Waals surface area contributed by atoms with Crippen LogP contribution in [0.3, 0.4) is 0 Å². The van der Waals surface area contributed by atoms with Crippen LogP contribution in [0.4, 0.5) is 5.69 Å². The van der Waals surface area contributed by atoms with Gasteiger partial charge in [-0.25, -0.2) is 4.79 Å². The number of hydrogen-bond acceptors (Lipinski definition) is 4. The number of aryl methyl sites for hydroxylation is 2. The molecule has 0 bridgehead atoms. The molecular weight excluding hydrogens is 274 g/mol. The van der Waals surface area contributed by atoms with Gasteiger partial charge in [-0.1, -0.05) is 0 Å². The van der Waals surface area contributed by atoms with Crippen molar-refractivity contribution in [3.63, 3.8) is 0 Å². The lowest BCUT2D eigenvalue weighted by molar-refractivity contribution is 0.0693. The Labute approximate surface area is 120 Å². The van der Waals surface area contributed by atoms with E-state index in [1.54, 1.807) is 25.6 Å². The summed E-state index contributed by atoms with van der Waals surface area (Å²) in [6.45, 7) is 3.51. The predicted octanol–water partition coefficient (Wildman–Crippen LogP) is 1.69. The van der Waals surface area contributed by atoms with Gasteiger partial charge >= 0.3 is 5.97 Å². The fourth-order valence-corrected chi connectivity index (χ4v) is 2.09. The highest BCUT2D eigenvalue weighted by molar-refractivity contribution is 6.06. The number of carboxylic acid groups (broad SMARTS) is 1. The van der Waals surface area contributed by atoms with Crippen molar-refractivity contribution >= 4 is 17.6 Å². The molecule has 0 saturated carbocycles. The topological polar surface area (TPSA) is 104 Å². The summed E-state index contributed by atoms with van der Waals surface area (Å²) in [7, 11) is 1.74. The lowest BCUT2D eigenvalue weighted by Crippen LogP contribution is -2.14. The lowest BCUT2D eigenvalue weighted by Gasteiger charge is -2.07. The Morgan fingerprint density at radius 2 is 1.95 bits per heavy atom. The molecule has 1 heterocycles. The molecule has 7 heteroatoms. The third-order valence-electron chi connectivity index (χ3n) is 3.22. The predicted molar refractivity (Wildman–Crippen MR) is 75.7 cm³/mol. The SMILES string of the molecule is Cc1nn(C)c(C)c1C(=O)Nc1ccc(C(=O)O)c(O)c1. The smallest absolute Gasteiger partial charge is 0.339 e. The molecule has 21 heavy (non-hydrogen) atoms. The second-order valence-corrected chi connectivity index (χ2v) is 4.66. The van der Waals surface area contributed by atoms with Gasteiger partial charge in [-0.05, 0) is 26.0 Å². The number of benzene rings is 1. The zero-order valence-electron chi connectivity index (χ0n) is 11.8. The number of rotatable bonds is 3. The van der Waals surface area contributed by atoms with Crippen LogP contribution in [0, 0.1) is 13.8 Å². The van der Waals surface area contributed by atoms with Crippen molar-refractivity contribution in [1.29, 1.82) is 0 Å². The summed E-state index contributed by atoms with van der Waals surface area (Å²) >= 11 is 0. The number of nitrogens with one attached hydrogen (secondary N) is 1. The minimum absolute atomic E-state index is 0.221. The summed E-state index contributed by atoms with van der Waals surface area (Å²) in [5.41, 5.74) is 1.86. The van der Waals surface area contributed by atoms with Crippen molar-refractivity contribution in [3.05, 3.63) is 40.7 Å². The molecule has 0 aliphatic heterocycles. The molecule has 7 nitrogen and oxygen atoms in total. The van der Waals surface area contributed by atoms with Gasteiger partial charge in [0.1, 0.15) is 11.3 Å². The van der Waals surface area contributed by atoms with Gasteiger partial charge in [0.25, 0.3) is 5.91 Å². The Kier molecular flexibility index (Phi) is 3.66. The van der Waals surface area contributed by atoms with Gasteiger partial charge in [-0.15, -0.1) is 0 Å². The second-order valence-electron chi connectivity index (χ2n) is 4.66. The number of phenols is 1. The molecule has 2 rings (SSSR count). The van der Waals surface area contributed by atoms with Crippen LogP contribution in [-0.4, -0.2) is 31.9 Å². The van der Waals surface area contributed by atoms with Crippen LogP contribution in [0.1, 0.15) is 32.1 Å². The third kappa shape index (κ3) is 2.71. The maximum Gasteiger partial charge on any atom is 0.339 e. The molecule has 0 fully saturated rings.